The number of rotatable bonds is 1. The van der Waals surface area contributed by atoms with E-state index in [2.05, 4.69) is 46.9 Å². The first kappa shape index (κ1) is 13.9. The lowest BCUT2D eigenvalue weighted by Gasteiger charge is -2.29. The molecular formula is C20H16N2OS. The second-order valence-corrected chi connectivity index (χ2v) is 7.39. The highest BCUT2D eigenvalue weighted by Crippen LogP contribution is 2.49. The monoisotopic (exact) mass is 332 g/mol. The van der Waals surface area contributed by atoms with E-state index >= 15 is 0 Å². The Bertz CT molecular complexity index is 1030. The van der Waals surface area contributed by atoms with Gasteiger partial charge in [0.25, 0.3) is 0 Å². The predicted molar refractivity (Wildman–Crippen MR) is 97.5 cm³/mol. The maximum Gasteiger partial charge on any atom is 0.161 e. The van der Waals surface area contributed by atoms with Crippen LogP contribution < -0.4 is 5.32 Å². The van der Waals surface area contributed by atoms with Gasteiger partial charge in [0.2, 0.25) is 0 Å². The van der Waals surface area contributed by atoms with Crippen LogP contribution in [0.5, 0.6) is 0 Å². The number of nitrogens with one attached hydrogen (secondary N) is 1. The summed E-state index contributed by atoms with van der Waals surface area (Å²) in [5.41, 5.74) is 6.62. The largest absolute Gasteiger partial charge is 0.358 e. The van der Waals surface area contributed by atoms with Gasteiger partial charge >= 0.3 is 0 Å². The van der Waals surface area contributed by atoms with Crippen LogP contribution in [0.4, 0.5) is 5.69 Å². The number of aromatic nitrogens is 1. The number of allylic oxidation sites excluding steroid dienone is 2. The zero-order chi connectivity index (χ0) is 16.3. The summed E-state index contributed by atoms with van der Waals surface area (Å²) in [4.78, 5) is 18.3. The number of carbonyl (C=O) groups is 1. The molecule has 0 saturated carbocycles. The molecule has 0 radical (unpaired) electrons. The molecule has 24 heavy (non-hydrogen) atoms. The fourth-order valence-electron chi connectivity index (χ4n) is 3.95. The van der Waals surface area contributed by atoms with Gasteiger partial charge in [-0.05, 0) is 54.1 Å². The molecule has 0 spiro atoms. The SMILES string of the molecule is Cc1ccsc1C1C2=C(CCC2=O)Nc2c1ccc1ncccc21. The molecule has 3 heterocycles. The first-order valence-electron chi connectivity index (χ1n) is 8.19. The Hall–Kier alpha value is -2.46. The molecule has 0 bridgehead atoms. The molecule has 1 aliphatic carbocycles. The van der Waals surface area contributed by atoms with Crippen molar-refractivity contribution < 1.29 is 4.79 Å². The third-order valence-electron chi connectivity index (χ3n) is 5.08. The Balaban J connectivity index is 1.83. The molecule has 2 aliphatic rings. The van der Waals surface area contributed by atoms with E-state index in [-0.39, 0.29) is 11.7 Å². The molecule has 118 valence electrons. The Labute approximate surface area is 144 Å². The number of pyridine rings is 1. The van der Waals surface area contributed by atoms with Gasteiger partial charge in [-0.15, -0.1) is 11.3 Å². The number of benzene rings is 1. The summed E-state index contributed by atoms with van der Waals surface area (Å²) in [5.74, 6) is 0.336. The number of Topliss-reactive ketones (excluding diaryl/α,β-unsaturated/α-hetero) is 1. The van der Waals surface area contributed by atoms with Gasteiger partial charge in [0.15, 0.2) is 5.78 Å². The number of hydrogen-bond donors (Lipinski definition) is 1. The van der Waals surface area contributed by atoms with Crippen molar-refractivity contribution in [2.45, 2.75) is 25.7 Å². The van der Waals surface area contributed by atoms with E-state index in [1.54, 1.807) is 11.3 Å². The molecule has 0 saturated heterocycles. The molecular weight excluding hydrogens is 316 g/mol. The van der Waals surface area contributed by atoms with E-state index in [1.165, 1.54) is 16.0 Å². The van der Waals surface area contributed by atoms with Crippen molar-refractivity contribution in [3.63, 3.8) is 0 Å². The van der Waals surface area contributed by atoms with Gasteiger partial charge in [-0.1, -0.05) is 6.07 Å². The number of carbonyl (C=O) groups excluding carboxylic acids is 1. The number of fused-ring (bicyclic) bond motifs is 3. The van der Waals surface area contributed by atoms with E-state index in [0.717, 1.165) is 34.3 Å². The van der Waals surface area contributed by atoms with Gasteiger partial charge in [0, 0.05) is 34.2 Å². The standard InChI is InChI=1S/C20H16N2OS/c1-11-8-10-24-20(11)17-13-4-5-14-12(3-2-9-21-14)19(13)22-15-6-7-16(23)18(15)17/h2-5,8-10,17,22H,6-7H2,1H3. The fraction of sp³-hybridized carbons (Fsp3) is 0.200. The third kappa shape index (κ3) is 1.83. The minimum absolute atomic E-state index is 0.0517. The highest BCUT2D eigenvalue weighted by atomic mass is 32.1. The topological polar surface area (TPSA) is 42.0 Å². The summed E-state index contributed by atoms with van der Waals surface area (Å²) in [5, 5.41) is 6.81. The average Bonchev–Trinajstić information content (AvgIpc) is 3.19. The van der Waals surface area contributed by atoms with Gasteiger partial charge in [-0.25, -0.2) is 0 Å². The molecule has 3 aromatic rings. The lowest BCUT2D eigenvalue weighted by molar-refractivity contribution is -0.115. The average molecular weight is 332 g/mol. The maximum absolute atomic E-state index is 12.6. The lowest BCUT2D eigenvalue weighted by Crippen LogP contribution is -2.19. The maximum atomic E-state index is 12.6. The second kappa shape index (κ2) is 5.02. The third-order valence-corrected chi connectivity index (χ3v) is 6.17. The van der Waals surface area contributed by atoms with Crippen molar-refractivity contribution in [2.75, 3.05) is 5.32 Å². The summed E-state index contributed by atoms with van der Waals surface area (Å²) in [6.07, 6.45) is 3.25. The van der Waals surface area contributed by atoms with Gasteiger partial charge in [-0.3, -0.25) is 9.78 Å². The van der Waals surface area contributed by atoms with Crippen LogP contribution in [0.1, 0.15) is 34.8 Å². The van der Waals surface area contributed by atoms with Crippen molar-refractivity contribution >= 4 is 33.7 Å². The van der Waals surface area contributed by atoms with Crippen molar-refractivity contribution in [3.05, 3.63) is 69.2 Å². The Morgan fingerprint density at radius 3 is 2.96 bits per heavy atom. The molecule has 1 aliphatic heterocycles. The van der Waals surface area contributed by atoms with Crippen LogP contribution in [0.2, 0.25) is 0 Å². The zero-order valence-electron chi connectivity index (χ0n) is 13.3. The highest BCUT2D eigenvalue weighted by molar-refractivity contribution is 7.10. The first-order chi connectivity index (χ1) is 11.7. The first-order valence-corrected chi connectivity index (χ1v) is 9.07. The van der Waals surface area contributed by atoms with E-state index in [9.17, 15) is 4.79 Å². The van der Waals surface area contributed by atoms with Gasteiger partial charge < -0.3 is 5.32 Å². The van der Waals surface area contributed by atoms with Crippen LogP contribution in [-0.4, -0.2) is 10.8 Å². The minimum Gasteiger partial charge on any atom is -0.358 e. The molecule has 0 fully saturated rings. The number of thiophene rings is 1. The van der Waals surface area contributed by atoms with Gasteiger partial charge in [0.1, 0.15) is 0 Å². The number of nitrogens with zero attached hydrogens (tertiary/aromatic N) is 1. The number of aryl methyl sites for hydroxylation is 1. The molecule has 0 amide bonds. The van der Waals surface area contributed by atoms with Crippen LogP contribution >= 0.6 is 11.3 Å². The van der Waals surface area contributed by atoms with Gasteiger partial charge in [0.05, 0.1) is 17.1 Å². The Morgan fingerprint density at radius 2 is 2.12 bits per heavy atom. The van der Waals surface area contributed by atoms with Crippen LogP contribution in [0.3, 0.4) is 0 Å². The van der Waals surface area contributed by atoms with Crippen molar-refractivity contribution in [1.82, 2.24) is 4.98 Å². The predicted octanol–water partition coefficient (Wildman–Crippen LogP) is 4.78. The molecule has 1 atom stereocenters. The number of anilines is 1. The smallest absolute Gasteiger partial charge is 0.161 e. The van der Waals surface area contributed by atoms with E-state index < -0.39 is 0 Å². The second-order valence-electron chi connectivity index (χ2n) is 6.44. The fourth-order valence-corrected chi connectivity index (χ4v) is 5.00. The summed E-state index contributed by atoms with van der Waals surface area (Å²) in [6, 6.07) is 10.4. The number of hydrogen-bond acceptors (Lipinski definition) is 4. The van der Waals surface area contributed by atoms with Crippen LogP contribution in [0.15, 0.2) is 53.2 Å². The van der Waals surface area contributed by atoms with Gasteiger partial charge in [-0.2, -0.15) is 0 Å². The van der Waals surface area contributed by atoms with Crippen LogP contribution in [0.25, 0.3) is 10.9 Å². The minimum atomic E-state index is 0.0517. The molecule has 4 heteroatoms. The van der Waals surface area contributed by atoms with Crippen LogP contribution in [0, 0.1) is 6.92 Å². The number of ketones is 1. The molecule has 1 aromatic carbocycles. The lowest BCUT2D eigenvalue weighted by atomic mass is 9.82. The molecule has 2 aromatic heterocycles. The Morgan fingerprint density at radius 1 is 1.21 bits per heavy atom. The van der Waals surface area contributed by atoms with Crippen LogP contribution in [-0.2, 0) is 4.79 Å². The van der Waals surface area contributed by atoms with E-state index in [4.69, 9.17) is 0 Å². The molecule has 3 nitrogen and oxygen atoms in total. The quantitative estimate of drug-likeness (QED) is 0.697. The molecule has 5 rings (SSSR count). The summed E-state index contributed by atoms with van der Waals surface area (Å²) >= 11 is 1.75. The van der Waals surface area contributed by atoms with Crippen molar-refractivity contribution in [2.24, 2.45) is 0 Å². The zero-order valence-corrected chi connectivity index (χ0v) is 14.1. The molecule has 1 N–H and O–H groups in total. The Kier molecular flexibility index (Phi) is 2.91. The highest BCUT2D eigenvalue weighted by Gasteiger charge is 2.38. The normalized spacial score (nSPS) is 19.4. The molecule has 1 unspecified atom stereocenters. The van der Waals surface area contributed by atoms with Crippen molar-refractivity contribution in [3.8, 4) is 0 Å². The van der Waals surface area contributed by atoms with E-state index in [1.807, 2.05) is 12.3 Å². The van der Waals surface area contributed by atoms with E-state index in [0.29, 0.717) is 6.42 Å². The van der Waals surface area contributed by atoms with Crippen molar-refractivity contribution in [1.29, 1.82) is 0 Å². The summed E-state index contributed by atoms with van der Waals surface area (Å²) in [6.45, 7) is 2.13. The summed E-state index contributed by atoms with van der Waals surface area (Å²) < 4.78 is 0. The summed E-state index contributed by atoms with van der Waals surface area (Å²) in [7, 11) is 0.